The predicted octanol–water partition coefficient (Wildman–Crippen LogP) is 2.43. The van der Waals surface area contributed by atoms with Crippen LogP contribution >= 0.6 is 0 Å². The van der Waals surface area contributed by atoms with Crippen LogP contribution < -0.4 is 0 Å². The second-order valence-corrected chi connectivity index (χ2v) is 4.93. The van der Waals surface area contributed by atoms with Crippen molar-refractivity contribution in [3.05, 3.63) is 12.2 Å². The molecule has 0 saturated carbocycles. The van der Waals surface area contributed by atoms with Crippen molar-refractivity contribution in [1.82, 2.24) is 0 Å². The van der Waals surface area contributed by atoms with Gasteiger partial charge in [0.15, 0.2) is 5.41 Å². The predicted molar refractivity (Wildman–Crippen MR) is 59.2 cm³/mol. The van der Waals surface area contributed by atoms with Crippen LogP contribution in [0.25, 0.3) is 0 Å². The summed E-state index contributed by atoms with van der Waals surface area (Å²) >= 11 is 0. The number of nitriles is 1. The third-order valence-corrected chi connectivity index (χ3v) is 3.75. The minimum Gasteiger partial charge on any atom is -0.460 e. The molecule has 2 rings (SSSR count). The fourth-order valence-corrected chi connectivity index (χ4v) is 2.87. The van der Waals surface area contributed by atoms with Crippen molar-refractivity contribution in [3.63, 3.8) is 0 Å². The van der Waals surface area contributed by atoms with E-state index >= 15 is 0 Å². The SMILES string of the molecule is CCC1OC(=O)C2(C#N)CC(C)CC=CC12. The van der Waals surface area contributed by atoms with E-state index in [1.54, 1.807) is 0 Å². The monoisotopic (exact) mass is 219 g/mol. The van der Waals surface area contributed by atoms with Gasteiger partial charge in [0.2, 0.25) is 0 Å². The van der Waals surface area contributed by atoms with Crippen LogP contribution in [0.1, 0.15) is 33.1 Å². The smallest absolute Gasteiger partial charge is 0.327 e. The molecule has 4 unspecified atom stereocenters. The Balaban J connectivity index is 2.42. The Morgan fingerprint density at radius 2 is 2.44 bits per heavy atom. The summed E-state index contributed by atoms with van der Waals surface area (Å²) < 4.78 is 5.34. The minimum atomic E-state index is -0.924. The molecule has 2 aliphatic rings. The van der Waals surface area contributed by atoms with Gasteiger partial charge in [-0.05, 0) is 25.2 Å². The molecular weight excluding hydrogens is 202 g/mol. The number of allylic oxidation sites excluding steroid dienone is 1. The summed E-state index contributed by atoms with van der Waals surface area (Å²) in [7, 11) is 0. The van der Waals surface area contributed by atoms with Crippen LogP contribution in [0, 0.1) is 28.6 Å². The van der Waals surface area contributed by atoms with E-state index in [-0.39, 0.29) is 18.0 Å². The molecule has 1 fully saturated rings. The van der Waals surface area contributed by atoms with Crippen molar-refractivity contribution in [1.29, 1.82) is 5.26 Å². The standard InChI is InChI=1S/C13H17NO2/c1-3-11-10-6-4-5-9(2)7-13(10,8-14)12(15)16-11/h4,6,9-11H,3,5,7H2,1-2H3. The second-order valence-electron chi connectivity index (χ2n) is 4.93. The zero-order chi connectivity index (χ0) is 11.8. The van der Waals surface area contributed by atoms with Crippen molar-refractivity contribution < 1.29 is 9.53 Å². The first kappa shape index (κ1) is 11.2. The molecule has 0 aromatic rings. The lowest BCUT2D eigenvalue weighted by molar-refractivity contribution is -0.147. The number of esters is 1. The Hall–Kier alpha value is -1.30. The molecule has 0 aromatic heterocycles. The molecule has 16 heavy (non-hydrogen) atoms. The molecule has 0 radical (unpaired) electrons. The van der Waals surface area contributed by atoms with Crippen molar-refractivity contribution in [2.45, 2.75) is 39.2 Å². The van der Waals surface area contributed by atoms with Gasteiger partial charge in [0.1, 0.15) is 6.10 Å². The molecule has 0 bridgehead atoms. The molecule has 3 nitrogen and oxygen atoms in total. The van der Waals surface area contributed by atoms with Crippen LogP contribution in [0.15, 0.2) is 12.2 Å². The molecule has 0 spiro atoms. The van der Waals surface area contributed by atoms with E-state index < -0.39 is 5.41 Å². The normalized spacial score (nSPS) is 42.1. The fraction of sp³-hybridized carbons (Fsp3) is 0.692. The first-order chi connectivity index (χ1) is 7.64. The summed E-state index contributed by atoms with van der Waals surface area (Å²) in [6.07, 6.45) is 6.34. The number of rotatable bonds is 1. The van der Waals surface area contributed by atoms with E-state index in [1.807, 2.05) is 13.0 Å². The molecule has 1 aliphatic carbocycles. The third-order valence-electron chi connectivity index (χ3n) is 3.75. The molecule has 4 atom stereocenters. The topological polar surface area (TPSA) is 50.1 Å². The summed E-state index contributed by atoms with van der Waals surface area (Å²) in [5.41, 5.74) is -0.924. The maximum absolute atomic E-state index is 12.0. The molecule has 0 N–H and O–H groups in total. The van der Waals surface area contributed by atoms with Crippen LogP contribution in [0.2, 0.25) is 0 Å². The number of ether oxygens (including phenoxy) is 1. The molecule has 1 saturated heterocycles. The highest BCUT2D eigenvalue weighted by Crippen LogP contribution is 2.47. The molecule has 1 aliphatic heterocycles. The molecule has 0 amide bonds. The van der Waals surface area contributed by atoms with Gasteiger partial charge in [-0.15, -0.1) is 0 Å². The van der Waals surface area contributed by atoms with E-state index in [0.29, 0.717) is 12.3 Å². The zero-order valence-corrected chi connectivity index (χ0v) is 9.77. The van der Waals surface area contributed by atoms with Crippen molar-refractivity contribution in [2.24, 2.45) is 17.3 Å². The molecular formula is C13H17NO2. The Morgan fingerprint density at radius 3 is 3.06 bits per heavy atom. The van der Waals surface area contributed by atoms with Gasteiger partial charge in [0, 0.05) is 5.92 Å². The van der Waals surface area contributed by atoms with Crippen molar-refractivity contribution in [3.8, 4) is 6.07 Å². The quantitative estimate of drug-likeness (QED) is 0.502. The summed E-state index contributed by atoms with van der Waals surface area (Å²) in [6.45, 7) is 4.08. The summed E-state index contributed by atoms with van der Waals surface area (Å²) in [6, 6.07) is 2.24. The lowest BCUT2D eigenvalue weighted by atomic mass is 9.71. The van der Waals surface area contributed by atoms with E-state index in [1.165, 1.54) is 0 Å². The number of carbonyl (C=O) groups excluding carboxylic acids is 1. The highest BCUT2D eigenvalue weighted by molar-refractivity contribution is 5.83. The number of cyclic esters (lactones) is 1. The highest BCUT2D eigenvalue weighted by Gasteiger charge is 2.57. The van der Waals surface area contributed by atoms with E-state index in [4.69, 9.17) is 4.74 Å². The van der Waals surface area contributed by atoms with Crippen LogP contribution in [-0.4, -0.2) is 12.1 Å². The number of hydrogen-bond donors (Lipinski definition) is 0. The van der Waals surface area contributed by atoms with Crippen LogP contribution in [0.3, 0.4) is 0 Å². The largest absolute Gasteiger partial charge is 0.460 e. The van der Waals surface area contributed by atoms with Gasteiger partial charge in [-0.3, -0.25) is 4.79 Å². The van der Waals surface area contributed by atoms with Gasteiger partial charge >= 0.3 is 5.97 Å². The van der Waals surface area contributed by atoms with Crippen LogP contribution in [0.5, 0.6) is 0 Å². The van der Waals surface area contributed by atoms with Gasteiger partial charge in [-0.25, -0.2) is 0 Å². The molecule has 3 heteroatoms. The van der Waals surface area contributed by atoms with E-state index in [2.05, 4.69) is 19.1 Å². The maximum Gasteiger partial charge on any atom is 0.327 e. The zero-order valence-electron chi connectivity index (χ0n) is 9.77. The van der Waals surface area contributed by atoms with Gasteiger partial charge in [-0.1, -0.05) is 26.0 Å². The number of hydrogen-bond acceptors (Lipinski definition) is 3. The van der Waals surface area contributed by atoms with Crippen molar-refractivity contribution in [2.75, 3.05) is 0 Å². The van der Waals surface area contributed by atoms with Crippen LogP contribution in [-0.2, 0) is 9.53 Å². The van der Waals surface area contributed by atoms with Gasteiger partial charge in [-0.2, -0.15) is 5.26 Å². The Morgan fingerprint density at radius 1 is 1.69 bits per heavy atom. The average molecular weight is 219 g/mol. The van der Waals surface area contributed by atoms with Gasteiger partial charge in [0.25, 0.3) is 0 Å². The molecule has 86 valence electrons. The van der Waals surface area contributed by atoms with Crippen molar-refractivity contribution >= 4 is 5.97 Å². The first-order valence-corrected chi connectivity index (χ1v) is 5.93. The van der Waals surface area contributed by atoms with Crippen LogP contribution in [0.4, 0.5) is 0 Å². The fourth-order valence-electron chi connectivity index (χ4n) is 2.87. The Labute approximate surface area is 96.1 Å². The molecule has 0 aromatic carbocycles. The summed E-state index contributed by atoms with van der Waals surface area (Å²) in [4.78, 5) is 12.0. The molecule has 1 heterocycles. The second kappa shape index (κ2) is 3.93. The van der Waals surface area contributed by atoms with E-state index in [9.17, 15) is 10.1 Å². The maximum atomic E-state index is 12.0. The highest BCUT2D eigenvalue weighted by atomic mass is 16.6. The average Bonchev–Trinajstić information content (AvgIpc) is 2.44. The number of fused-ring (bicyclic) bond motifs is 1. The van der Waals surface area contributed by atoms with Gasteiger partial charge < -0.3 is 4.74 Å². The Bertz CT molecular complexity index is 369. The summed E-state index contributed by atoms with van der Waals surface area (Å²) in [5, 5.41) is 9.39. The number of nitrogens with zero attached hydrogens (tertiary/aromatic N) is 1. The van der Waals surface area contributed by atoms with Gasteiger partial charge in [0.05, 0.1) is 6.07 Å². The van der Waals surface area contributed by atoms with E-state index in [0.717, 1.165) is 12.8 Å². The lowest BCUT2D eigenvalue weighted by Crippen LogP contribution is -2.33. The summed E-state index contributed by atoms with van der Waals surface area (Å²) in [5.74, 6) is -0.00532. The third kappa shape index (κ3) is 1.44. The minimum absolute atomic E-state index is 0.0556. The lowest BCUT2D eigenvalue weighted by Gasteiger charge is -2.23. The number of carbonyl (C=O) groups is 1. The first-order valence-electron chi connectivity index (χ1n) is 5.93. The Kier molecular flexibility index (Phi) is 2.75.